The van der Waals surface area contributed by atoms with Crippen molar-refractivity contribution < 1.29 is 14.6 Å². The molecule has 0 aliphatic heterocycles. The minimum absolute atomic E-state index is 0.279. The monoisotopic (exact) mass is 332 g/mol. The van der Waals surface area contributed by atoms with E-state index in [1.807, 2.05) is 32.5 Å². The first-order valence-electron chi connectivity index (χ1n) is 8.31. The predicted molar refractivity (Wildman–Crippen MR) is 92.4 cm³/mol. The number of rotatable bonds is 9. The molecule has 5 nitrogen and oxygen atoms in total. The van der Waals surface area contributed by atoms with E-state index in [0.29, 0.717) is 18.5 Å². The summed E-state index contributed by atoms with van der Waals surface area (Å²) in [7, 11) is 0. The van der Waals surface area contributed by atoms with Gasteiger partial charge in [0, 0.05) is 31.5 Å². The fraction of sp³-hybridized carbons (Fsp3) is 0.938. The molecular formula is C16H32N2O3S. The van der Waals surface area contributed by atoms with E-state index in [0.717, 1.165) is 30.9 Å². The second kappa shape index (κ2) is 10.3. The van der Waals surface area contributed by atoms with Gasteiger partial charge in [0.25, 0.3) is 0 Å². The van der Waals surface area contributed by atoms with E-state index < -0.39 is 5.60 Å². The number of thioether (sulfide) groups is 1. The predicted octanol–water partition coefficient (Wildman–Crippen LogP) is 2.39. The number of aliphatic hydroxyl groups excluding tert-OH is 1. The van der Waals surface area contributed by atoms with Gasteiger partial charge in [-0.3, -0.25) is 0 Å². The number of aliphatic hydroxyl groups is 1. The second-order valence-electron chi connectivity index (χ2n) is 6.82. The average Bonchev–Trinajstić information content (AvgIpc) is 2.86. The molecule has 1 aliphatic carbocycles. The first-order chi connectivity index (χ1) is 10.4. The molecule has 130 valence electrons. The molecule has 0 aromatic carbocycles. The molecule has 1 rings (SSSR count). The summed E-state index contributed by atoms with van der Waals surface area (Å²) in [6.07, 6.45) is 4.11. The Balaban J connectivity index is 2.16. The molecule has 0 bridgehead atoms. The first kappa shape index (κ1) is 19.6. The molecule has 1 fully saturated rings. The molecule has 1 aliphatic rings. The number of alkyl carbamates (subject to hydrolysis) is 1. The van der Waals surface area contributed by atoms with Crippen LogP contribution in [0, 0.1) is 5.92 Å². The third-order valence-electron chi connectivity index (χ3n) is 3.67. The van der Waals surface area contributed by atoms with Crippen LogP contribution in [0.2, 0.25) is 0 Å². The van der Waals surface area contributed by atoms with Crippen LogP contribution in [0.1, 0.15) is 46.5 Å². The SMILES string of the molecule is CC(C)(C)OC(=O)NCC1CCCC1NCCSCCCO. The topological polar surface area (TPSA) is 70.6 Å². The Kier molecular flexibility index (Phi) is 9.21. The van der Waals surface area contributed by atoms with Crippen LogP contribution in [-0.4, -0.2) is 54.0 Å². The summed E-state index contributed by atoms with van der Waals surface area (Å²) in [5, 5.41) is 15.2. The third kappa shape index (κ3) is 8.86. The molecule has 3 N–H and O–H groups in total. The quantitative estimate of drug-likeness (QED) is 0.566. The molecule has 2 unspecified atom stereocenters. The zero-order valence-corrected chi connectivity index (χ0v) is 15.0. The van der Waals surface area contributed by atoms with Crippen LogP contribution >= 0.6 is 11.8 Å². The number of amides is 1. The Morgan fingerprint density at radius 3 is 2.77 bits per heavy atom. The van der Waals surface area contributed by atoms with Gasteiger partial charge in [0.05, 0.1) is 0 Å². The molecule has 0 spiro atoms. The number of ether oxygens (including phenoxy) is 1. The maximum Gasteiger partial charge on any atom is 0.407 e. The first-order valence-corrected chi connectivity index (χ1v) is 9.46. The van der Waals surface area contributed by atoms with Gasteiger partial charge in [-0.1, -0.05) is 6.42 Å². The van der Waals surface area contributed by atoms with Gasteiger partial charge < -0.3 is 20.5 Å². The summed E-state index contributed by atoms with van der Waals surface area (Å²) >= 11 is 1.87. The van der Waals surface area contributed by atoms with Crippen molar-refractivity contribution in [3.05, 3.63) is 0 Å². The lowest BCUT2D eigenvalue weighted by Crippen LogP contribution is -2.41. The van der Waals surface area contributed by atoms with E-state index >= 15 is 0 Å². The summed E-state index contributed by atoms with van der Waals surface area (Å²) in [6, 6.07) is 0.494. The number of carbonyl (C=O) groups is 1. The smallest absolute Gasteiger partial charge is 0.407 e. The molecule has 22 heavy (non-hydrogen) atoms. The zero-order valence-electron chi connectivity index (χ0n) is 14.2. The van der Waals surface area contributed by atoms with Crippen molar-refractivity contribution in [3.63, 3.8) is 0 Å². The Morgan fingerprint density at radius 1 is 1.32 bits per heavy atom. The highest BCUT2D eigenvalue weighted by Gasteiger charge is 2.27. The molecule has 0 saturated heterocycles. The van der Waals surface area contributed by atoms with E-state index in [1.165, 1.54) is 12.8 Å². The van der Waals surface area contributed by atoms with Crippen LogP contribution in [0.3, 0.4) is 0 Å². The Labute approximate surface area is 138 Å². The highest BCUT2D eigenvalue weighted by Crippen LogP contribution is 2.25. The van der Waals surface area contributed by atoms with Crippen LogP contribution in [0.25, 0.3) is 0 Å². The molecule has 6 heteroatoms. The average molecular weight is 333 g/mol. The lowest BCUT2D eigenvalue weighted by atomic mass is 10.0. The number of hydrogen-bond donors (Lipinski definition) is 3. The summed E-state index contributed by atoms with van der Waals surface area (Å²) in [5.74, 6) is 2.59. The molecule has 0 aromatic rings. The number of hydrogen-bond acceptors (Lipinski definition) is 5. The molecule has 0 radical (unpaired) electrons. The summed E-state index contributed by atoms with van der Waals surface area (Å²) < 4.78 is 5.27. The van der Waals surface area contributed by atoms with E-state index in [-0.39, 0.29) is 12.7 Å². The van der Waals surface area contributed by atoms with Crippen LogP contribution in [0.5, 0.6) is 0 Å². The van der Waals surface area contributed by atoms with E-state index in [4.69, 9.17) is 9.84 Å². The minimum Gasteiger partial charge on any atom is -0.444 e. The minimum atomic E-state index is -0.441. The highest BCUT2D eigenvalue weighted by molar-refractivity contribution is 7.99. The third-order valence-corrected chi connectivity index (χ3v) is 4.74. The van der Waals surface area contributed by atoms with Gasteiger partial charge in [-0.05, 0) is 51.7 Å². The fourth-order valence-electron chi connectivity index (χ4n) is 2.66. The van der Waals surface area contributed by atoms with Crippen molar-refractivity contribution in [2.75, 3.05) is 31.2 Å². The second-order valence-corrected chi connectivity index (χ2v) is 8.05. The molecule has 1 saturated carbocycles. The van der Waals surface area contributed by atoms with Crippen LogP contribution in [-0.2, 0) is 4.74 Å². The lowest BCUT2D eigenvalue weighted by molar-refractivity contribution is 0.0517. The van der Waals surface area contributed by atoms with Crippen molar-refractivity contribution in [3.8, 4) is 0 Å². The van der Waals surface area contributed by atoms with Gasteiger partial charge in [0.1, 0.15) is 5.60 Å². The van der Waals surface area contributed by atoms with Crippen molar-refractivity contribution >= 4 is 17.9 Å². The van der Waals surface area contributed by atoms with Crippen LogP contribution in [0.4, 0.5) is 4.79 Å². The van der Waals surface area contributed by atoms with Gasteiger partial charge in [-0.2, -0.15) is 11.8 Å². The van der Waals surface area contributed by atoms with Crippen molar-refractivity contribution in [1.82, 2.24) is 10.6 Å². The van der Waals surface area contributed by atoms with E-state index in [9.17, 15) is 4.79 Å². The zero-order chi connectivity index (χ0) is 16.4. The van der Waals surface area contributed by atoms with Crippen LogP contribution in [0.15, 0.2) is 0 Å². The largest absolute Gasteiger partial charge is 0.444 e. The van der Waals surface area contributed by atoms with Crippen molar-refractivity contribution in [2.45, 2.75) is 58.1 Å². The number of carbonyl (C=O) groups excluding carboxylic acids is 1. The molecule has 2 atom stereocenters. The molecule has 0 aromatic heterocycles. The Bertz CT molecular complexity index is 321. The maximum absolute atomic E-state index is 11.7. The van der Waals surface area contributed by atoms with Gasteiger partial charge in [-0.25, -0.2) is 4.79 Å². The standard InChI is InChI=1S/C16H32N2O3S/c1-16(2,3)21-15(20)18-12-13-6-4-7-14(13)17-8-11-22-10-5-9-19/h13-14,17,19H,4-12H2,1-3H3,(H,18,20). The molecule has 1 amide bonds. The van der Waals surface area contributed by atoms with E-state index in [1.54, 1.807) is 0 Å². The highest BCUT2D eigenvalue weighted by atomic mass is 32.2. The van der Waals surface area contributed by atoms with Gasteiger partial charge in [0.15, 0.2) is 0 Å². The summed E-state index contributed by atoms with van der Waals surface area (Å²) in [4.78, 5) is 11.7. The van der Waals surface area contributed by atoms with Crippen LogP contribution < -0.4 is 10.6 Å². The van der Waals surface area contributed by atoms with Gasteiger partial charge in [0.2, 0.25) is 0 Å². The Hall–Kier alpha value is -0.460. The summed E-state index contributed by atoms with van der Waals surface area (Å²) in [6.45, 7) is 7.58. The van der Waals surface area contributed by atoms with Crippen molar-refractivity contribution in [1.29, 1.82) is 0 Å². The maximum atomic E-state index is 11.7. The lowest BCUT2D eigenvalue weighted by Gasteiger charge is -2.23. The summed E-state index contributed by atoms with van der Waals surface area (Å²) in [5.41, 5.74) is -0.441. The molecular weight excluding hydrogens is 300 g/mol. The van der Waals surface area contributed by atoms with E-state index in [2.05, 4.69) is 10.6 Å². The number of nitrogens with one attached hydrogen (secondary N) is 2. The normalized spacial score (nSPS) is 21.8. The fourth-order valence-corrected chi connectivity index (χ4v) is 3.46. The Morgan fingerprint density at radius 2 is 2.09 bits per heavy atom. The van der Waals surface area contributed by atoms with Gasteiger partial charge in [-0.15, -0.1) is 0 Å². The van der Waals surface area contributed by atoms with Crippen molar-refractivity contribution in [2.24, 2.45) is 5.92 Å². The molecule has 0 heterocycles. The van der Waals surface area contributed by atoms with Gasteiger partial charge >= 0.3 is 6.09 Å².